The van der Waals surface area contributed by atoms with E-state index >= 15 is 0 Å². The van der Waals surface area contributed by atoms with Gasteiger partial charge < -0.3 is 13.9 Å². The number of hydrogen-bond donors (Lipinski definition) is 0. The van der Waals surface area contributed by atoms with Gasteiger partial charge >= 0.3 is 11.9 Å². The van der Waals surface area contributed by atoms with E-state index in [1.54, 1.807) is 0 Å². The van der Waals surface area contributed by atoms with Crippen molar-refractivity contribution in [1.29, 1.82) is 0 Å². The van der Waals surface area contributed by atoms with E-state index < -0.39 is 20.2 Å². The first-order valence-electron chi connectivity index (χ1n) is 6.32. The van der Waals surface area contributed by atoms with Crippen LogP contribution in [0.1, 0.15) is 12.8 Å². The van der Waals surface area contributed by atoms with Gasteiger partial charge in [0.2, 0.25) is 8.32 Å². The van der Waals surface area contributed by atoms with Crippen LogP contribution in [-0.2, 0) is 23.5 Å². The summed E-state index contributed by atoms with van der Waals surface area (Å²) in [5, 5.41) is 0. The Balaban J connectivity index is 2.88. The fourth-order valence-electron chi connectivity index (χ4n) is 2.15. The Morgan fingerprint density at radius 2 is 1.63 bits per heavy atom. The highest BCUT2D eigenvalue weighted by atomic mass is 28.4. The summed E-state index contributed by atoms with van der Waals surface area (Å²) in [5.74, 6) is -0.978. The fraction of sp³-hybridized carbons (Fsp3) is 0.692. The van der Waals surface area contributed by atoms with Gasteiger partial charge in [-0.25, -0.2) is 0 Å². The molecule has 2 atom stereocenters. The summed E-state index contributed by atoms with van der Waals surface area (Å²) in [7, 11) is 0.942. The summed E-state index contributed by atoms with van der Waals surface area (Å²) in [6.07, 6.45) is 2.74. The lowest BCUT2D eigenvalue weighted by molar-refractivity contribution is -0.158. The number of ether oxygens (including phenoxy) is 2. The van der Waals surface area contributed by atoms with Crippen LogP contribution in [-0.4, -0.2) is 34.5 Å². The average molecular weight is 286 g/mol. The van der Waals surface area contributed by atoms with Crippen molar-refractivity contribution >= 4 is 20.3 Å². The van der Waals surface area contributed by atoms with E-state index in [1.807, 2.05) is 6.08 Å². The summed E-state index contributed by atoms with van der Waals surface area (Å²) in [4.78, 5) is 23.5. The molecule has 0 bridgehead atoms. The van der Waals surface area contributed by atoms with Crippen molar-refractivity contribution < 1.29 is 23.5 Å². The normalized spacial score (nSPS) is 23.3. The van der Waals surface area contributed by atoms with Gasteiger partial charge in [0.05, 0.1) is 31.8 Å². The Kier molecular flexibility index (Phi) is 5.17. The molecule has 108 valence electrons. The van der Waals surface area contributed by atoms with E-state index in [0.717, 1.165) is 5.76 Å². The molecule has 0 heterocycles. The Morgan fingerprint density at radius 3 is 2.11 bits per heavy atom. The molecule has 0 aromatic carbocycles. The quantitative estimate of drug-likeness (QED) is 0.585. The second-order valence-electron chi connectivity index (χ2n) is 5.58. The minimum atomic E-state index is -1.71. The number of carbonyl (C=O) groups excluding carboxylic acids is 2. The molecular weight excluding hydrogens is 264 g/mol. The molecule has 0 amide bonds. The van der Waals surface area contributed by atoms with E-state index in [1.165, 1.54) is 14.2 Å². The van der Waals surface area contributed by atoms with Crippen LogP contribution >= 0.6 is 0 Å². The highest BCUT2D eigenvalue weighted by Gasteiger charge is 2.39. The first-order valence-corrected chi connectivity index (χ1v) is 9.73. The first-order chi connectivity index (χ1) is 8.78. The highest BCUT2D eigenvalue weighted by molar-refractivity contribution is 6.70. The van der Waals surface area contributed by atoms with Crippen molar-refractivity contribution in [2.24, 2.45) is 11.8 Å². The predicted molar refractivity (Wildman–Crippen MR) is 72.8 cm³/mol. The van der Waals surface area contributed by atoms with E-state index in [9.17, 15) is 9.59 Å². The molecule has 0 aliphatic heterocycles. The van der Waals surface area contributed by atoms with Crippen LogP contribution in [0.15, 0.2) is 11.8 Å². The van der Waals surface area contributed by atoms with Gasteiger partial charge in [-0.15, -0.1) is 0 Å². The average Bonchev–Trinajstić information content (AvgIpc) is 2.35. The van der Waals surface area contributed by atoms with Crippen molar-refractivity contribution in [3.63, 3.8) is 0 Å². The summed E-state index contributed by atoms with van der Waals surface area (Å²) in [6, 6.07) is 0. The van der Waals surface area contributed by atoms with E-state index in [2.05, 4.69) is 19.6 Å². The molecular formula is C13H22O5Si. The summed E-state index contributed by atoms with van der Waals surface area (Å²) in [6.45, 7) is 6.23. The van der Waals surface area contributed by atoms with Crippen LogP contribution in [0.2, 0.25) is 19.6 Å². The second kappa shape index (κ2) is 6.23. The van der Waals surface area contributed by atoms with Crippen LogP contribution in [0, 0.1) is 11.8 Å². The molecule has 1 rings (SSSR count). The summed E-state index contributed by atoms with van der Waals surface area (Å²) in [5.41, 5.74) is 0. The molecule has 0 radical (unpaired) electrons. The molecule has 6 heteroatoms. The third-order valence-corrected chi connectivity index (χ3v) is 3.83. The number of methoxy groups -OCH3 is 2. The second-order valence-corrected chi connectivity index (χ2v) is 10.0. The van der Waals surface area contributed by atoms with Gasteiger partial charge in [0, 0.05) is 6.42 Å². The number of carbonyl (C=O) groups is 2. The lowest BCUT2D eigenvalue weighted by atomic mass is 9.82. The molecule has 0 fully saturated rings. The van der Waals surface area contributed by atoms with E-state index in [0.29, 0.717) is 12.8 Å². The fourth-order valence-corrected chi connectivity index (χ4v) is 3.11. The third kappa shape index (κ3) is 4.38. The predicted octanol–water partition coefficient (Wildman–Crippen LogP) is 2.09. The SMILES string of the molecule is COC(=O)[C@@H]1CC=C(O[Si](C)(C)C)C[C@H]1C(=O)OC. The van der Waals surface area contributed by atoms with Crippen LogP contribution in [0.5, 0.6) is 0 Å². The molecule has 1 aliphatic rings. The highest BCUT2D eigenvalue weighted by Crippen LogP contribution is 2.33. The lowest BCUT2D eigenvalue weighted by Gasteiger charge is -2.30. The van der Waals surface area contributed by atoms with Gasteiger partial charge in [-0.1, -0.05) is 0 Å². The van der Waals surface area contributed by atoms with Crippen molar-refractivity contribution in [2.75, 3.05) is 14.2 Å². The van der Waals surface area contributed by atoms with Crippen LogP contribution in [0.4, 0.5) is 0 Å². The Hall–Kier alpha value is -1.30. The summed E-state index contributed by atoms with van der Waals surface area (Å²) < 4.78 is 15.4. The van der Waals surface area contributed by atoms with Crippen molar-refractivity contribution in [3.05, 3.63) is 11.8 Å². The maximum Gasteiger partial charge on any atom is 0.310 e. The zero-order valence-corrected chi connectivity index (χ0v) is 13.2. The first kappa shape index (κ1) is 15.8. The lowest BCUT2D eigenvalue weighted by Crippen LogP contribution is -2.36. The number of allylic oxidation sites excluding steroid dienone is 2. The molecule has 5 nitrogen and oxygen atoms in total. The van der Waals surface area contributed by atoms with Gasteiger partial charge in [0.1, 0.15) is 0 Å². The monoisotopic (exact) mass is 286 g/mol. The van der Waals surface area contributed by atoms with Gasteiger partial charge in [-0.2, -0.15) is 0 Å². The molecule has 0 N–H and O–H groups in total. The van der Waals surface area contributed by atoms with Gasteiger partial charge in [-0.3, -0.25) is 9.59 Å². The maximum atomic E-state index is 11.8. The van der Waals surface area contributed by atoms with Crippen LogP contribution in [0.3, 0.4) is 0 Å². The minimum Gasteiger partial charge on any atom is -0.548 e. The molecule has 0 saturated heterocycles. The molecule has 0 spiro atoms. The molecule has 0 saturated carbocycles. The van der Waals surface area contributed by atoms with Crippen LogP contribution < -0.4 is 0 Å². The molecule has 1 aliphatic carbocycles. The largest absolute Gasteiger partial charge is 0.548 e. The molecule has 0 aromatic rings. The maximum absolute atomic E-state index is 11.8. The van der Waals surface area contributed by atoms with Crippen LogP contribution in [0.25, 0.3) is 0 Å². The Bertz CT molecular complexity index is 383. The molecule has 0 aromatic heterocycles. The van der Waals surface area contributed by atoms with Crippen molar-refractivity contribution in [1.82, 2.24) is 0 Å². The number of rotatable bonds is 4. The van der Waals surface area contributed by atoms with E-state index in [4.69, 9.17) is 13.9 Å². The summed E-state index contributed by atoms with van der Waals surface area (Å²) >= 11 is 0. The number of hydrogen-bond acceptors (Lipinski definition) is 5. The smallest absolute Gasteiger partial charge is 0.310 e. The zero-order chi connectivity index (χ0) is 14.6. The standard InChI is InChI=1S/C13H22O5Si/c1-16-12(14)10-7-6-9(18-19(3,4)5)8-11(10)13(15)17-2/h6,10-11H,7-8H2,1-5H3/t10-,11-/m1/s1. The van der Waals surface area contributed by atoms with E-state index in [-0.39, 0.29) is 11.9 Å². The van der Waals surface area contributed by atoms with Crippen molar-refractivity contribution in [3.8, 4) is 0 Å². The number of esters is 2. The Morgan fingerprint density at radius 1 is 1.11 bits per heavy atom. The third-order valence-electron chi connectivity index (χ3n) is 2.95. The zero-order valence-electron chi connectivity index (χ0n) is 12.2. The van der Waals surface area contributed by atoms with Gasteiger partial charge in [0.15, 0.2) is 0 Å². The Labute approximate surface area is 115 Å². The van der Waals surface area contributed by atoms with Gasteiger partial charge in [-0.05, 0) is 32.1 Å². The van der Waals surface area contributed by atoms with Gasteiger partial charge in [0.25, 0.3) is 0 Å². The topological polar surface area (TPSA) is 61.8 Å². The molecule has 0 unspecified atom stereocenters. The minimum absolute atomic E-state index is 0.376. The van der Waals surface area contributed by atoms with Crippen molar-refractivity contribution in [2.45, 2.75) is 32.5 Å². The molecule has 19 heavy (non-hydrogen) atoms.